The van der Waals surface area contributed by atoms with Crippen LogP contribution in [0.1, 0.15) is 51.2 Å². The van der Waals surface area contributed by atoms with Crippen molar-refractivity contribution in [3.8, 4) is 0 Å². The molecule has 0 saturated heterocycles. The first kappa shape index (κ1) is 11.2. The Morgan fingerprint density at radius 1 is 1.36 bits per heavy atom. The van der Waals surface area contributed by atoms with Crippen LogP contribution in [0.15, 0.2) is 4.52 Å². The lowest BCUT2D eigenvalue weighted by Crippen LogP contribution is -2.08. The first-order chi connectivity index (χ1) is 6.67. The second kappa shape index (κ2) is 5.10. The molecule has 80 valence electrons. The molecule has 0 aliphatic carbocycles. The van der Waals surface area contributed by atoms with Gasteiger partial charge in [-0.25, -0.2) is 0 Å². The van der Waals surface area contributed by atoms with E-state index in [4.69, 9.17) is 4.52 Å². The van der Waals surface area contributed by atoms with Gasteiger partial charge in [0, 0.05) is 5.92 Å². The zero-order valence-electron chi connectivity index (χ0n) is 9.03. The SMILES string of the molecule is CCC(O)Cc1nc(C(C)CC)no1. The van der Waals surface area contributed by atoms with Crippen LogP contribution in [0.25, 0.3) is 0 Å². The van der Waals surface area contributed by atoms with Gasteiger partial charge in [-0.3, -0.25) is 0 Å². The number of hydrogen-bond acceptors (Lipinski definition) is 4. The summed E-state index contributed by atoms with van der Waals surface area (Å²) in [7, 11) is 0. The van der Waals surface area contributed by atoms with E-state index < -0.39 is 0 Å². The minimum atomic E-state index is -0.375. The number of aromatic nitrogens is 2. The van der Waals surface area contributed by atoms with Crippen LogP contribution in [0.3, 0.4) is 0 Å². The van der Waals surface area contributed by atoms with Gasteiger partial charge >= 0.3 is 0 Å². The topological polar surface area (TPSA) is 59.2 Å². The van der Waals surface area contributed by atoms with E-state index in [9.17, 15) is 5.11 Å². The smallest absolute Gasteiger partial charge is 0.229 e. The Balaban J connectivity index is 2.59. The van der Waals surface area contributed by atoms with E-state index in [2.05, 4.69) is 24.0 Å². The van der Waals surface area contributed by atoms with Gasteiger partial charge < -0.3 is 9.63 Å². The Morgan fingerprint density at radius 3 is 2.64 bits per heavy atom. The van der Waals surface area contributed by atoms with Crippen molar-refractivity contribution in [2.45, 2.75) is 52.1 Å². The van der Waals surface area contributed by atoms with Crippen LogP contribution in [0.2, 0.25) is 0 Å². The maximum atomic E-state index is 9.39. The van der Waals surface area contributed by atoms with Gasteiger partial charge in [0.2, 0.25) is 5.89 Å². The molecule has 0 aliphatic rings. The molecular formula is C10H18N2O2. The summed E-state index contributed by atoms with van der Waals surface area (Å²) in [5.74, 6) is 1.60. The van der Waals surface area contributed by atoms with E-state index >= 15 is 0 Å². The van der Waals surface area contributed by atoms with Gasteiger partial charge in [0.25, 0.3) is 0 Å². The van der Waals surface area contributed by atoms with Gasteiger partial charge in [0.05, 0.1) is 12.5 Å². The lowest BCUT2D eigenvalue weighted by Gasteiger charge is -2.02. The monoisotopic (exact) mass is 198 g/mol. The van der Waals surface area contributed by atoms with Crippen LogP contribution in [0.5, 0.6) is 0 Å². The average molecular weight is 198 g/mol. The van der Waals surface area contributed by atoms with Crippen LogP contribution in [-0.4, -0.2) is 21.4 Å². The number of nitrogens with zero attached hydrogens (tertiary/aromatic N) is 2. The summed E-state index contributed by atoms with van der Waals surface area (Å²) >= 11 is 0. The van der Waals surface area contributed by atoms with Crippen molar-refractivity contribution >= 4 is 0 Å². The third kappa shape index (κ3) is 2.80. The van der Waals surface area contributed by atoms with Gasteiger partial charge in [0.15, 0.2) is 5.82 Å². The Labute approximate surface area is 84.3 Å². The number of aliphatic hydroxyl groups excluding tert-OH is 1. The van der Waals surface area contributed by atoms with Gasteiger partial charge in [-0.15, -0.1) is 0 Å². The summed E-state index contributed by atoms with van der Waals surface area (Å²) in [5.41, 5.74) is 0. The molecule has 1 aromatic heterocycles. The van der Waals surface area contributed by atoms with Crippen molar-refractivity contribution in [3.05, 3.63) is 11.7 Å². The van der Waals surface area contributed by atoms with Crippen LogP contribution in [0.4, 0.5) is 0 Å². The van der Waals surface area contributed by atoms with Crippen molar-refractivity contribution in [1.82, 2.24) is 10.1 Å². The molecule has 4 nitrogen and oxygen atoms in total. The minimum absolute atomic E-state index is 0.325. The molecule has 0 aromatic carbocycles. The van der Waals surface area contributed by atoms with Crippen LogP contribution >= 0.6 is 0 Å². The molecule has 1 aromatic rings. The van der Waals surface area contributed by atoms with Crippen molar-refractivity contribution in [1.29, 1.82) is 0 Å². The van der Waals surface area contributed by atoms with Crippen LogP contribution < -0.4 is 0 Å². The Morgan fingerprint density at radius 2 is 2.07 bits per heavy atom. The molecule has 2 atom stereocenters. The maximum Gasteiger partial charge on any atom is 0.229 e. The van der Waals surface area contributed by atoms with Gasteiger partial charge in [-0.2, -0.15) is 4.98 Å². The molecule has 0 radical (unpaired) electrons. The fraction of sp³-hybridized carbons (Fsp3) is 0.800. The summed E-state index contributed by atoms with van der Waals surface area (Å²) in [6.07, 6.45) is 1.79. The first-order valence-corrected chi connectivity index (χ1v) is 5.17. The van der Waals surface area contributed by atoms with Crippen LogP contribution in [0, 0.1) is 0 Å². The molecule has 1 rings (SSSR count). The molecule has 0 aliphatic heterocycles. The summed E-state index contributed by atoms with van der Waals surface area (Å²) in [5, 5.41) is 13.3. The quantitative estimate of drug-likeness (QED) is 0.785. The van der Waals surface area contributed by atoms with E-state index in [1.165, 1.54) is 0 Å². The predicted molar refractivity (Wildman–Crippen MR) is 53.0 cm³/mol. The van der Waals surface area contributed by atoms with E-state index in [0.29, 0.717) is 24.7 Å². The second-order valence-electron chi connectivity index (χ2n) is 3.62. The predicted octanol–water partition coefficient (Wildman–Crippen LogP) is 1.90. The highest BCUT2D eigenvalue weighted by Crippen LogP contribution is 2.15. The lowest BCUT2D eigenvalue weighted by atomic mass is 10.1. The molecule has 1 heterocycles. The largest absolute Gasteiger partial charge is 0.393 e. The first-order valence-electron chi connectivity index (χ1n) is 5.17. The number of rotatable bonds is 5. The zero-order valence-corrected chi connectivity index (χ0v) is 9.03. The molecular weight excluding hydrogens is 180 g/mol. The molecule has 0 amide bonds. The van der Waals surface area contributed by atoms with Gasteiger partial charge in [-0.1, -0.05) is 25.9 Å². The van der Waals surface area contributed by atoms with Gasteiger partial charge in [-0.05, 0) is 12.8 Å². The van der Waals surface area contributed by atoms with E-state index in [0.717, 1.165) is 12.2 Å². The molecule has 0 bridgehead atoms. The molecule has 0 saturated carbocycles. The highest BCUT2D eigenvalue weighted by Gasteiger charge is 2.13. The minimum Gasteiger partial charge on any atom is -0.393 e. The number of hydrogen-bond donors (Lipinski definition) is 1. The number of aliphatic hydroxyl groups is 1. The fourth-order valence-electron chi connectivity index (χ4n) is 1.08. The summed E-state index contributed by atoms with van der Waals surface area (Å²) in [4.78, 5) is 4.23. The van der Waals surface area contributed by atoms with E-state index in [-0.39, 0.29) is 6.10 Å². The third-order valence-electron chi connectivity index (χ3n) is 2.42. The molecule has 1 N–H and O–H groups in total. The summed E-state index contributed by atoms with van der Waals surface area (Å²) in [6, 6.07) is 0. The van der Waals surface area contributed by atoms with Crippen molar-refractivity contribution in [2.24, 2.45) is 0 Å². The molecule has 0 spiro atoms. The van der Waals surface area contributed by atoms with Crippen molar-refractivity contribution in [2.75, 3.05) is 0 Å². The third-order valence-corrected chi connectivity index (χ3v) is 2.42. The Hall–Kier alpha value is -0.900. The molecule has 0 fully saturated rings. The second-order valence-corrected chi connectivity index (χ2v) is 3.62. The maximum absolute atomic E-state index is 9.39. The summed E-state index contributed by atoms with van der Waals surface area (Å²) < 4.78 is 5.04. The van der Waals surface area contributed by atoms with Gasteiger partial charge in [0.1, 0.15) is 0 Å². The Bertz CT molecular complexity index is 273. The molecule has 2 unspecified atom stereocenters. The highest BCUT2D eigenvalue weighted by atomic mass is 16.5. The summed E-state index contributed by atoms with van der Waals surface area (Å²) in [6.45, 7) is 6.07. The fourth-order valence-corrected chi connectivity index (χ4v) is 1.08. The zero-order chi connectivity index (χ0) is 10.6. The normalized spacial score (nSPS) is 15.4. The Kier molecular flexibility index (Phi) is 4.07. The standard InChI is InChI=1S/C10H18N2O2/c1-4-7(3)10-11-9(14-12-10)6-8(13)5-2/h7-8,13H,4-6H2,1-3H3. The van der Waals surface area contributed by atoms with Crippen molar-refractivity contribution in [3.63, 3.8) is 0 Å². The van der Waals surface area contributed by atoms with E-state index in [1.807, 2.05) is 6.92 Å². The molecule has 14 heavy (non-hydrogen) atoms. The average Bonchev–Trinajstić information content (AvgIpc) is 2.65. The lowest BCUT2D eigenvalue weighted by molar-refractivity contribution is 0.158. The highest BCUT2D eigenvalue weighted by molar-refractivity contribution is 4.93. The molecule has 4 heteroatoms. The van der Waals surface area contributed by atoms with Crippen molar-refractivity contribution < 1.29 is 9.63 Å². The van der Waals surface area contributed by atoms with E-state index in [1.54, 1.807) is 0 Å². The van der Waals surface area contributed by atoms with Crippen LogP contribution in [-0.2, 0) is 6.42 Å².